The Kier molecular flexibility index (Phi) is 7.63. The standard InChI is InChI=1S/C23H33N3O3S/c1-16-22(30-15-25-16)18-7-5-17(6-8-18)11-24-14-29-13-19-9-20(27)12-26(19)21(28)10-23(2,3)4/h5-8,15,19-20,24,27H,9-14H2,1-4H3/t19-,20+/m0/s1. The highest BCUT2D eigenvalue weighted by molar-refractivity contribution is 7.13. The van der Waals surface area contributed by atoms with E-state index in [4.69, 9.17) is 4.74 Å². The molecular weight excluding hydrogens is 398 g/mol. The molecule has 1 aliphatic heterocycles. The fraction of sp³-hybridized carbons (Fsp3) is 0.565. The number of nitrogens with one attached hydrogen (secondary N) is 1. The van der Waals surface area contributed by atoms with Crippen molar-refractivity contribution in [2.24, 2.45) is 5.41 Å². The Labute approximate surface area is 183 Å². The first-order chi connectivity index (χ1) is 14.2. The zero-order chi connectivity index (χ0) is 21.7. The molecule has 0 bridgehead atoms. The van der Waals surface area contributed by atoms with Gasteiger partial charge in [0.05, 0.1) is 41.6 Å². The Morgan fingerprint density at radius 2 is 2.07 bits per heavy atom. The fourth-order valence-corrected chi connectivity index (χ4v) is 4.54. The third kappa shape index (κ3) is 6.35. The van der Waals surface area contributed by atoms with Gasteiger partial charge >= 0.3 is 0 Å². The predicted molar refractivity (Wildman–Crippen MR) is 120 cm³/mol. The van der Waals surface area contributed by atoms with Crippen molar-refractivity contribution in [3.05, 3.63) is 41.0 Å². The zero-order valence-corrected chi connectivity index (χ0v) is 19.2. The third-order valence-electron chi connectivity index (χ3n) is 5.20. The van der Waals surface area contributed by atoms with Gasteiger partial charge in [-0.2, -0.15) is 0 Å². The maximum absolute atomic E-state index is 12.6. The van der Waals surface area contributed by atoms with Crippen molar-refractivity contribution in [2.45, 2.75) is 59.2 Å². The number of carbonyl (C=O) groups is 1. The number of likely N-dealkylation sites (tertiary alicyclic amines) is 1. The van der Waals surface area contributed by atoms with Gasteiger partial charge in [-0.05, 0) is 29.9 Å². The average molecular weight is 432 g/mol. The Morgan fingerprint density at radius 3 is 2.70 bits per heavy atom. The highest BCUT2D eigenvalue weighted by Gasteiger charge is 2.35. The van der Waals surface area contributed by atoms with E-state index in [2.05, 4.69) is 55.3 Å². The molecule has 7 heteroatoms. The lowest BCUT2D eigenvalue weighted by Crippen LogP contribution is -2.40. The summed E-state index contributed by atoms with van der Waals surface area (Å²) >= 11 is 1.66. The molecule has 2 atom stereocenters. The molecular formula is C23H33N3O3S. The van der Waals surface area contributed by atoms with Crippen LogP contribution < -0.4 is 5.32 Å². The average Bonchev–Trinajstić information content (AvgIpc) is 3.26. The van der Waals surface area contributed by atoms with Gasteiger partial charge in [0.2, 0.25) is 5.91 Å². The Bertz CT molecular complexity index is 829. The smallest absolute Gasteiger partial charge is 0.223 e. The summed E-state index contributed by atoms with van der Waals surface area (Å²) in [7, 11) is 0. The van der Waals surface area contributed by atoms with E-state index < -0.39 is 6.10 Å². The van der Waals surface area contributed by atoms with Crippen molar-refractivity contribution in [2.75, 3.05) is 19.9 Å². The minimum Gasteiger partial charge on any atom is -0.391 e. The minimum absolute atomic E-state index is 0.0569. The summed E-state index contributed by atoms with van der Waals surface area (Å²) in [6, 6.07) is 8.41. The van der Waals surface area contributed by atoms with E-state index in [0.717, 1.165) is 5.69 Å². The molecule has 164 valence electrons. The summed E-state index contributed by atoms with van der Waals surface area (Å²) in [5.41, 5.74) is 5.24. The zero-order valence-electron chi connectivity index (χ0n) is 18.4. The van der Waals surface area contributed by atoms with Gasteiger partial charge in [0.25, 0.3) is 0 Å². The number of carbonyl (C=O) groups excluding carboxylic acids is 1. The Morgan fingerprint density at radius 1 is 1.33 bits per heavy atom. The normalized spacial score (nSPS) is 19.4. The van der Waals surface area contributed by atoms with E-state index in [0.29, 0.717) is 39.3 Å². The summed E-state index contributed by atoms with van der Waals surface area (Å²) in [6.45, 7) is 10.1. The van der Waals surface area contributed by atoms with Crippen molar-refractivity contribution in [1.29, 1.82) is 0 Å². The van der Waals surface area contributed by atoms with Gasteiger partial charge in [0.15, 0.2) is 0 Å². The lowest BCUT2D eigenvalue weighted by atomic mass is 9.91. The second-order valence-electron chi connectivity index (χ2n) is 9.23. The number of aryl methyl sites for hydroxylation is 1. The minimum atomic E-state index is -0.462. The molecule has 1 fully saturated rings. The second-order valence-corrected chi connectivity index (χ2v) is 10.1. The molecule has 1 amide bonds. The number of aromatic nitrogens is 1. The molecule has 6 nitrogen and oxygen atoms in total. The van der Waals surface area contributed by atoms with E-state index in [1.165, 1.54) is 16.0 Å². The molecule has 0 spiro atoms. The number of nitrogens with zero attached hydrogens (tertiary/aromatic N) is 2. The molecule has 1 aromatic carbocycles. The van der Waals surface area contributed by atoms with Gasteiger partial charge in [-0.15, -0.1) is 11.3 Å². The van der Waals surface area contributed by atoms with Crippen LogP contribution >= 0.6 is 11.3 Å². The molecule has 1 aliphatic rings. The summed E-state index contributed by atoms with van der Waals surface area (Å²) in [4.78, 5) is 19.9. The number of aliphatic hydroxyl groups is 1. The Hall–Kier alpha value is -1.80. The van der Waals surface area contributed by atoms with Crippen molar-refractivity contribution in [3.63, 3.8) is 0 Å². The fourth-order valence-electron chi connectivity index (χ4n) is 3.73. The van der Waals surface area contributed by atoms with Gasteiger partial charge in [-0.1, -0.05) is 45.0 Å². The molecule has 3 rings (SSSR count). The molecule has 1 aromatic heterocycles. The predicted octanol–water partition coefficient (Wildman–Crippen LogP) is 3.58. The number of amides is 1. The van der Waals surface area contributed by atoms with Gasteiger partial charge < -0.3 is 14.7 Å². The number of aliphatic hydroxyl groups excluding tert-OH is 1. The molecule has 0 radical (unpaired) electrons. The van der Waals surface area contributed by atoms with Crippen LogP contribution in [0.4, 0.5) is 0 Å². The number of hydrogen-bond donors (Lipinski definition) is 2. The lowest BCUT2D eigenvalue weighted by molar-refractivity contribution is -0.135. The summed E-state index contributed by atoms with van der Waals surface area (Å²) in [5, 5.41) is 13.3. The SMILES string of the molecule is Cc1ncsc1-c1ccc(CNCOC[C@@H]2C[C@@H](O)CN2C(=O)CC(C)(C)C)cc1. The molecule has 0 unspecified atom stereocenters. The van der Waals surface area contributed by atoms with E-state index in [1.807, 2.05) is 12.4 Å². The summed E-state index contributed by atoms with van der Waals surface area (Å²) in [6.07, 6.45) is 0.594. The van der Waals surface area contributed by atoms with Crippen LogP contribution in [0.1, 0.15) is 44.9 Å². The van der Waals surface area contributed by atoms with Crippen molar-refractivity contribution < 1.29 is 14.6 Å². The van der Waals surface area contributed by atoms with Crippen molar-refractivity contribution in [1.82, 2.24) is 15.2 Å². The molecule has 2 heterocycles. The quantitative estimate of drug-likeness (QED) is 0.494. The number of benzene rings is 1. The maximum Gasteiger partial charge on any atom is 0.223 e. The van der Waals surface area contributed by atoms with Gasteiger partial charge in [-0.25, -0.2) is 4.98 Å². The first-order valence-corrected chi connectivity index (χ1v) is 11.4. The number of rotatable bonds is 8. The van der Waals surface area contributed by atoms with Crippen LogP contribution in [0.3, 0.4) is 0 Å². The highest BCUT2D eigenvalue weighted by atomic mass is 32.1. The first-order valence-electron chi connectivity index (χ1n) is 10.5. The monoisotopic (exact) mass is 431 g/mol. The van der Waals surface area contributed by atoms with Crippen molar-refractivity contribution in [3.8, 4) is 10.4 Å². The van der Waals surface area contributed by atoms with Crippen LogP contribution in [0, 0.1) is 12.3 Å². The molecule has 1 saturated heterocycles. The number of thiazole rings is 1. The number of hydrogen-bond acceptors (Lipinski definition) is 6. The molecule has 30 heavy (non-hydrogen) atoms. The van der Waals surface area contributed by atoms with E-state index >= 15 is 0 Å². The maximum atomic E-state index is 12.6. The van der Waals surface area contributed by atoms with Gasteiger partial charge in [0.1, 0.15) is 0 Å². The van der Waals surface area contributed by atoms with E-state index in [-0.39, 0.29) is 17.4 Å². The molecule has 0 saturated carbocycles. The Balaban J connectivity index is 1.41. The van der Waals surface area contributed by atoms with E-state index in [9.17, 15) is 9.90 Å². The highest BCUT2D eigenvalue weighted by Crippen LogP contribution is 2.27. The van der Waals surface area contributed by atoms with Gasteiger partial charge in [0, 0.05) is 19.5 Å². The molecule has 0 aliphatic carbocycles. The number of β-amino-alcohol motifs (C(OH)–C–C–N with tert-alkyl or cyclic N) is 1. The second kappa shape index (κ2) is 10.0. The number of ether oxygens (including phenoxy) is 1. The summed E-state index contributed by atoms with van der Waals surface area (Å²) < 4.78 is 5.77. The van der Waals surface area contributed by atoms with Crippen LogP contribution in [0.2, 0.25) is 0 Å². The molecule has 2 N–H and O–H groups in total. The van der Waals surface area contributed by atoms with Crippen LogP contribution in [0.5, 0.6) is 0 Å². The van der Waals surface area contributed by atoms with Crippen LogP contribution in [-0.4, -0.2) is 52.9 Å². The first kappa shape index (κ1) is 22.9. The topological polar surface area (TPSA) is 74.7 Å². The van der Waals surface area contributed by atoms with Crippen molar-refractivity contribution >= 4 is 17.2 Å². The van der Waals surface area contributed by atoms with Crippen LogP contribution in [-0.2, 0) is 16.1 Å². The molecule has 2 aromatic rings. The van der Waals surface area contributed by atoms with Crippen LogP contribution in [0.15, 0.2) is 29.8 Å². The van der Waals surface area contributed by atoms with Crippen LogP contribution in [0.25, 0.3) is 10.4 Å². The lowest BCUT2D eigenvalue weighted by Gasteiger charge is -2.28. The third-order valence-corrected chi connectivity index (χ3v) is 6.18. The largest absolute Gasteiger partial charge is 0.391 e. The van der Waals surface area contributed by atoms with E-state index in [1.54, 1.807) is 16.2 Å². The summed E-state index contributed by atoms with van der Waals surface area (Å²) in [5.74, 6) is 0.0943. The van der Waals surface area contributed by atoms with Gasteiger partial charge in [-0.3, -0.25) is 10.1 Å².